The van der Waals surface area contributed by atoms with Gasteiger partial charge in [0.1, 0.15) is 23.0 Å². The third-order valence-electron chi connectivity index (χ3n) is 26.9. The van der Waals surface area contributed by atoms with Crippen molar-refractivity contribution in [2.45, 2.75) is 78.6 Å². The van der Waals surface area contributed by atoms with Crippen LogP contribution >= 0.6 is 0 Å². The molecule has 4 aliphatic rings. The predicted octanol–water partition coefficient (Wildman–Crippen LogP) is 28.5. The highest BCUT2D eigenvalue weighted by Gasteiger charge is 2.52. The lowest BCUT2D eigenvalue weighted by molar-refractivity contribution is 0.466. The first-order chi connectivity index (χ1) is 61.9. The van der Waals surface area contributed by atoms with Crippen LogP contribution in [-0.4, -0.2) is 18.0 Å². The van der Waals surface area contributed by atoms with Gasteiger partial charge in [-0.1, -0.05) is 378 Å². The van der Waals surface area contributed by atoms with E-state index in [1.807, 2.05) is 0 Å². The van der Waals surface area contributed by atoms with Gasteiger partial charge in [-0.15, -0.1) is 0 Å². The minimum atomic E-state index is -0.490. The Bertz CT molecular complexity index is 7560. The van der Waals surface area contributed by atoms with E-state index in [9.17, 15) is 0 Å². The molecule has 0 bridgehead atoms. The second-order valence-corrected chi connectivity index (χ2v) is 37.8. The highest BCUT2D eigenvalue weighted by atomic mass is 16.5. The maximum absolute atomic E-state index is 8.43. The smallest absolute Gasteiger partial charge is 0.260 e. The molecular weight excluding hydrogens is 1540 g/mol. The van der Waals surface area contributed by atoms with Crippen LogP contribution in [0.2, 0.25) is 0 Å². The highest BCUT2D eigenvalue weighted by molar-refractivity contribution is 7.03. The average molecular weight is 1630 g/mol. The first-order valence-electron chi connectivity index (χ1n) is 44.7. The lowest BCUT2D eigenvalue weighted by Gasteiger charge is -2.48. The zero-order chi connectivity index (χ0) is 85.7. The number of nitrogens with zero attached hydrogens (tertiary/aromatic N) is 3. The molecule has 0 unspecified atom stereocenters. The molecule has 0 amide bonds. The van der Waals surface area contributed by atoms with Gasteiger partial charge in [0.2, 0.25) is 0 Å². The van der Waals surface area contributed by atoms with Crippen LogP contribution in [-0.2, 0) is 16.2 Å². The quantitative estimate of drug-likeness (QED) is 0.114. The van der Waals surface area contributed by atoms with E-state index in [1.54, 1.807) is 0 Å². The van der Waals surface area contributed by atoms with Crippen LogP contribution in [0.3, 0.4) is 0 Å². The van der Waals surface area contributed by atoms with E-state index in [0.29, 0.717) is 0 Å². The van der Waals surface area contributed by atoms with Gasteiger partial charge in [-0.05, 0) is 217 Å². The summed E-state index contributed by atoms with van der Waals surface area (Å²) in [7, 11) is 0. The molecule has 0 aliphatic carbocycles. The van der Waals surface area contributed by atoms with Crippen molar-refractivity contribution in [2.75, 3.05) is 9.80 Å². The summed E-state index contributed by atoms with van der Waals surface area (Å²) in [5.74, 6) is 3.08. The van der Waals surface area contributed by atoms with Crippen molar-refractivity contribution in [3.05, 3.63) is 417 Å². The number of benzene rings is 18. The first-order valence-corrected chi connectivity index (χ1v) is 44.7. The summed E-state index contributed by atoms with van der Waals surface area (Å²) in [4.78, 5) is 5.44. The number of aromatic nitrogens is 1. The van der Waals surface area contributed by atoms with Crippen LogP contribution in [0, 0.1) is 0 Å². The Hall–Kier alpha value is -14.9. The predicted molar refractivity (Wildman–Crippen MR) is 538 cm³/mol. The molecule has 1 aromatic heterocycles. The molecule has 0 fully saturated rings. The van der Waals surface area contributed by atoms with Crippen LogP contribution in [0.1, 0.15) is 79.0 Å². The van der Waals surface area contributed by atoms with Gasteiger partial charge in [-0.25, -0.2) is 0 Å². The summed E-state index contributed by atoms with van der Waals surface area (Å²) in [6.45, 7) is 20.4. The minimum Gasteiger partial charge on any atom is -0.459 e. The number of hydrogen-bond donors (Lipinski definition) is 0. The van der Waals surface area contributed by atoms with E-state index in [1.165, 1.54) is 27.5 Å². The highest BCUT2D eigenvalue weighted by Crippen LogP contribution is 2.58. The fraction of sp³-hybridized carbons (Fsp3) is 0.100. The molecule has 19 aromatic rings. The molecule has 18 aromatic carbocycles. The Kier molecular flexibility index (Phi) is 18.1. The Labute approximate surface area is 745 Å². The van der Waals surface area contributed by atoms with E-state index in [-0.39, 0.29) is 10.8 Å². The van der Waals surface area contributed by atoms with Gasteiger partial charge in [0, 0.05) is 67.3 Å². The standard InChI is InChI=1S/C120H93B2N3O2/c1-118(2,3)90-69-95(81-47-27-15-28-48-81)114(97(71-90)87-53-35-51-83(63-87)76-37-17-10-18-38-76)124-104-67-86(79-43-23-13-24-44-79)59-61-99(104)122-111-105(124)73-92(120(7,8)9)74-106(111)125(115-96(82-49-29-16-30-50-82)70-91(119(4,5)6)72-98(115)88-54-36-52-84(64-88)77-39-19-11-20-40-77)107-75-110-113-117(112(107)122)126-109-62-60-85(78-41-21-12-22-42-78)65-100(109)121(113)101-66-89(80-45-25-14-26-46-80)68-108(116(101)127-110)123-102-57-33-31-55-93(102)94-56-32-34-58-103(94)123/h10-75H,1-9H3. The van der Waals surface area contributed by atoms with Crippen molar-refractivity contribution in [3.8, 4) is 129 Å². The molecule has 5 nitrogen and oxygen atoms in total. The van der Waals surface area contributed by atoms with Gasteiger partial charge in [-0.3, -0.25) is 0 Å². The third kappa shape index (κ3) is 13.0. The van der Waals surface area contributed by atoms with Gasteiger partial charge >= 0.3 is 0 Å². The molecule has 0 N–H and O–H groups in total. The minimum absolute atomic E-state index is 0.272. The molecule has 0 saturated carbocycles. The molecular formula is C120H93B2N3O2. The van der Waals surface area contributed by atoms with Crippen LogP contribution in [0.25, 0.3) is 128 Å². The Morgan fingerprint density at radius 2 is 0.559 bits per heavy atom. The van der Waals surface area contributed by atoms with Crippen LogP contribution in [0.4, 0.5) is 34.1 Å². The van der Waals surface area contributed by atoms with E-state index in [2.05, 4.69) is 477 Å². The van der Waals surface area contributed by atoms with Crippen molar-refractivity contribution in [1.29, 1.82) is 0 Å². The lowest BCUT2D eigenvalue weighted by Crippen LogP contribution is -2.65. The van der Waals surface area contributed by atoms with Crippen LogP contribution in [0.5, 0.6) is 23.0 Å². The molecule has 0 saturated heterocycles. The van der Waals surface area contributed by atoms with Crippen molar-refractivity contribution < 1.29 is 9.47 Å². The van der Waals surface area contributed by atoms with E-state index < -0.39 is 18.8 Å². The topological polar surface area (TPSA) is 29.9 Å². The third-order valence-corrected chi connectivity index (χ3v) is 26.9. The monoisotopic (exact) mass is 1630 g/mol. The number of ether oxygens (including phenoxy) is 2. The van der Waals surface area contributed by atoms with Gasteiger partial charge in [0.15, 0.2) is 0 Å². The van der Waals surface area contributed by atoms with Crippen LogP contribution < -0.4 is 52.1 Å². The largest absolute Gasteiger partial charge is 0.459 e. The molecule has 7 heteroatoms. The number of fused-ring (bicyclic) bond motifs is 12. The summed E-state index contributed by atoms with van der Waals surface area (Å²) in [6.07, 6.45) is 0. The number of para-hydroxylation sites is 2. The van der Waals surface area contributed by atoms with E-state index >= 15 is 0 Å². The lowest BCUT2D eigenvalue weighted by atomic mass is 9.30. The normalized spacial score (nSPS) is 13.0. The molecule has 23 rings (SSSR count). The number of hydrogen-bond acceptors (Lipinski definition) is 4. The summed E-state index contributed by atoms with van der Waals surface area (Å²) < 4.78 is 19.3. The summed E-state index contributed by atoms with van der Waals surface area (Å²) in [6, 6.07) is 150. The first kappa shape index (κ1) is 76.9. The van der Waals surface area contributed by atoms with Crippen LogP contribution in [0.15, 0.2) is 400 Å². The molecule has 127 heavy (non-hydrogen) atoms. The average Bonchev–Trinajstić information content (AvgIpc) is 0.991. The summed E-state index contributed by atoms with van der Waals surface area (Å²) in [5, 5.41) is 2.34. The maximum atomic E-state index is 8.43. The molecule has 606 valence electrons. The SMILES string of the molecule is CC(C)(C)c1cc(-c2ccccc2)c(N2c3cc(-c4ccccc4)ccc3B3c4c2cc(C(C)(C)C)cc4N(c2c(-c4ccccc4)cc(C(C)(C)C)cc2-c2cccc(-c4ccccc4)c2)c2cc4c5c(c23)Oc2ccc(-c3ccccc3)cc2B5c2cc(-c3ccccc3)cc(-n3c5ccccc5c5ccccc53)c2O4)c(-c2cccc(-c3ccccc3)c2)c1. The van der Waals surface area contributed by atoms with Gasteiger partial charge in [0.25, 0.3) is 13.4 Å². The fourth-order valence-electron chi connectivity index (χ4n) is 20.5. The fourth-order valence-corrected chi connectivity index (χ4v) is 20.5. The number of anilines is 6. The van der Waals surface area contributed by atoms with Gasteiger partial charge < -0.3 is 23.8 Å². The van der Waals surface area contributed by atoms with Crippen molar-refractivity contribution in [3.63, 3.8) is 0 Å². The Balaban J connectivity index is 0.912. The summed E-state index contributed by atoms with van der Waals surface area (Å²) >= 11 is 0. The maximum Gasteiger partial charge on any atom is 0.260 e. The molecule has 0 spiro atoms. The zero-order valence-corrected chi connectivity index (χ0v) is 72.9. The molecule has 4 aliphatic heterocycles. The summed E-state index contributed by atoms with van der Waals surface area (Å²) in [5.41, 5.74) is 38.6. The van der Waals surface area contributed by atoms with E-state index in [0.717, 1.165) is 207 Å². The number of rotatable bonds is 12. The second kappa shape index (κ2) is 29.9. The molecule has 5 heterocycles. The zero-order valence-electron chi connectivity index (χ0n) is 72.9. The van der Waals surface area contributed by atoms with E-state index in [4.69, 9.17) is 9.47 Å². The Morgan fingerprint density at radius 3 is 1.02 bits per heavy atom. The Morgan fingerprint density at radius 1 is 0.213 bits per heavy atom. The van der Waals surface area contributed by atoms with Crippen molar-refractivity contribution in [1.82, 2.24) is 4.57 Å². The van der Waals surface area contributed by atoms with Crippen molar-refractivity contribution >= 4 is 102 Å². The molecule has 0 atom stereocenters. The second-order valence-electron chi connectivity index (χ2n) is 37.8. The van der Waals surface area contributed by atoms with Gasteiger partial charge in [-0.2, -0.15) is 0 Å². The van der Waals surface area contributed by atoms with Crippen molar-refractivity contribution in [2.24, 2.45) is 0 Å². The van der Waals surface area contributed by atoms with Gasteiger partial charge in [0.05, 0.1) is 28.1 Å². The molecule has 0 radical (unpaired) electrons.